The van der Waals surface area contributed by atoms with Crippen LogP contribution in [-0.2, 0) is 9.59 Å². The summed E-state index contributed by atoms with van der Waals surface area (Å²) in [7, 11) is 1.64. The minimum Gasteiger partial charge on any atom is -0.349 e. The fourth-order valence-corrected chi connectivity index (χ4v) is 3.03. The van der Waals surface area contributed by atoms with Gasteiger partial charge in [-0.15, -0.1) is 0 Å². The van der Waals surface area contributed by atoms with E-state index in [9.17, 15) is 14.4 Å². The number of rotatable bonds is 2. The van der Waals surface area contributed by atoms with Crippen LogP contribution in [0.25, 0.3) is 0 Å². The maximum absolute atomic E-state index is 12.2. The molecule has 3 rings (SSSR count). The molecular formula is C15H18N4O3. The molecule has 2 aliphatic rings. The van der Waals surface area contributed by atoms with E-state index < -0.39 is 6.04 Å². The van der Waals surface area contributed by atoms with Crippen LogP contribution in [0.2, 0.25) is 0 Å². The minimum atomic E-state index is -0.456. The van der Waals surface area contributed by atoms with Crippen molar-refractivity contribution in [1.29, 1.82) is 0 Å². The predicted octanol–water partition coefficient (Wildman–Crippen LogP) is -0.357. The molecule has 2 saturated heterocycles. The zero-order valence-corrected chi connectivity index (χ0v) is 12.4. The fourth-order valence-electron chi connectivity index (χ4n) is 3.03. The van der Waals surface area contributed by atoms with Crippen molar-refractivity contribution in [3.63, 3.8) is 0 Å². The lowest BCUT2D eigenvalue weighted by Crippen LogP contribution is -2.63. The first kappa shape index (κ1) is 14.5. The molecule has 1 aromatic heterocycles. The Hall–Kier alpha value is -2.44. The third kappa shape index (κ3) is 2.66. The van der Waals surface area contributed by atoms with E-state index in [0.717, 1.165) is 0 Å². The number of nitrogens with zero attached hydrogens (tertiary/aromatic N) is 3. The quantitative estimate of drug-likeness (QED) is 0.809. The summed E-state index contributed by atoms with van der Waals surface area (Å²) in [6.07, 6.45) is 4.26. The first-order valence-corrected chi connectivity index (χ1v) is 7.31. The van der Waals surface area contributed by atoms with Crippen LogP contribution in [-0.4, -0.2) is 64.7 Å². The number of likely N-dealkylation sites (N-methyl/N-ethyl adjacent to an activating group) is 1. The number of aromatic nitrogens is 1. The topological polar surface area (TPSA) is 82.6 Å². The van der Waals surface area contributed by atoms with Gasteiger partial charge in [0.2, 0.25) is 11.8 Å². The van der Waals surface area contributed by atoms with Gasteiger partial charge in [-0.1, -0.05) is 0 Å². The summed E-state index contributed by atoms with van der Waals surface area (Å²) < 4.78 is 0. The Kier molecular flexibility index (Phi) is 3.79. The summed E-state index contributed by atoms with van der Waals surface area (Å²) in [6.45, 7) is 0.647. The number of carbonyl (C=O) groups excluding carboxylic acids is 3. The Balaban J connectivity index is 1.67. The van der Waals surface area contributed by atoms with E-state index in [-0.39, 0.29) is 30.3 Å². The third-order valence-electron chi connectivity index (χ3n) is 4.23. The van der Waals surface area contributed by atoms with Gasteiger partial charge in [-0.25, -0.2) is 0 Å². The van der Waals surface area contributed by atoms with Gasteiger partial charge < -0.3 is 15.1 Å². The molecule has 116 valence electrons. The SMILES string of the molecule is CN1CC(=O)N2CCC(NC(=O)c3ccncc3)CC2C1=O. The Bertz CT molecular complexity index is 604. The molecule has 0 radical (unpaired) electrons. The summed E-state index contributed by atoms with van der Waals surface area (Å²) in [5, 5.41) is 2.94. The van der Waals surface area contributed by atoms with Crippen LogP contribution < -0.4 is 5.32 Å². The lowest BCUT2D eigenvalue weighted by atomic mass is 9.94. The zero-order chi connectivity index (χ0) is 15.7. The number of nitrogens with one attached hydrogen (secondary N) is 1. The van der Waals surface area contributed by atoms with E-state index in [1.165, 1.54) is 4.90 Å². The first-order chi connectivity index (χ1) is 10.6. The van der Waals surface area contributed by atoms with E-state index in [2.05, 4.69) is 10.3 Å². The largest absolute Gasteiger partial charge is 0.349 e. The summed E-state index contributed by atoms with van der Waals surface area (Å²) in [4.78, 5) is 43.3. The van der Waals surface area contributed by atoms with Crippen molar-refractivity contribution in [3.05, 3.63) is 30.1 Å². The molecule has 0 spiro atoms. The highest BCUT2D eigenvalue weighted by atomic mass is 16.2. The number of amides is 3. The van der Waals surface area contributed by atoms with Crippen LogP contribution in [0.5, 0.6) is 0 Å². The highest BCUT2D eigenvalue weighted by Crippen LogP contribution is 2.23. The van der Waals surface area contributed by atoms with Crippen LogP contribution in [0.15, 0.2) is 24.5 Å². The molecule has 1 N–H and O–H groups in total. The third-order valence-corrected chi connectivity index (χ3v) is 4.23. The molecule has 2 fully saturated rings. The van der Waals surface area contributed by atoms with E-state index >= 15 is 0 Å². The molecule has 2 atom stereocenters. The second kappa shape index (κ2) is 5.75. The van der Waals surface area contributed by atoms with Gasteiger partial charge in [0, 0.05) is 37.6 Å². The number of carbonyl (C=O) groups is 3. The van der Waals surface area contributed by atoms with E-state index in [1.54, 1.807) is 36.5 Å². The molecule has 2 aliphatic heterocycles. The molecule has 0 aliphatic carbocycles. The highest BCUT2D eigenvalue weighted by Gasteiger charge is 2.41. The van der Waals surface area contributed by atoms with Gasteiger partial charge in [-0.2, -0.15) is 0 Å². The molecule has 3 heterocycles. The smallest absolute Gasteiger partial charge is 0.251 e. The summed E-state index contributed by atoms with van der Waals surface area (Å²) in [5.41, 5.74) is 0.542. The fraction of sp³-hybridized carbons (Fsp3) is 0.467. The molecule has 0 bridgehead atoms. The summed E-state index contributed by atoms with van der Waals surface area (Å²) in [5.74, 6) is -0.253. The average Bonchev–Trinajstić information content (AvgIpc) is 2.53. The van der Waals surface area contributed by atoms with Crippen LogP contribution >= 0.6 is 0 Å². The lowest BCUT2D eigenvalue weighted by Gasteiger charge is -2.44. The number of hydrogen-bond acceptors (Lipinski definition) is 4. The van der Waals surface area contributed by atoms with E-state index in [0.29, 0.717) is 24.9 Å². The maximum atomic E-state index is 12.2. The second-order valence-corrected chi connectivity index (χ2v) is 5.73. The van der Waals surface area contributed by atoms with Gasteiger partial charge in [0.25, 0.3) is 5.91 Å². The van der Waals surface area contributed by atoms with Crippen molar-refractivity contribution < 1.29 is 14.4 Å². The standard InChI is InChI=1S/C15H18N4O3/c1-18-9-13(20)19-7-4-11(8-12(19)15(18)22)17-14(21)10-2-5-16-6-3-10/h2-3,5-6,11-12H,4,7-9H2,1H3,(H,17,21). The Morgan fingerprint density at radius 1 is 1.32 bits per heavy atom. The van der Waals surface area contributed by atoms with Crippen molar-refractivity contribution in [2.45, 2.75) is 24.9 Å². The zero-order valence-electron chi connectivity index (χ0n) is 12.4. The molecule has 0 saturated carbocycles. The van der Waals surface area contributed by atoms with Crippen molar-refractivity contribution in [2.24, 2.45) is 0 Å². The van der Waals surface area contributed by atoms with Gasteiger partial charge in [0.15, 0.2) is 0 Å². The molecule has 7 heteroatoms. The summed E-state index contributed by atoms with van der Waals surface area (Å²) in [6, 6.07) is 2.73. The van der Waals surface area contributed by atoms with E-state index in [1.807, 2.05) is 0 Å². The lowest BCUT2D eigenvalue weighted by molar-refractivity contribution is -0.156. The van der Waals surface area contributed by atoms with Gasteiger partial charge in [0.05, 0.1) is 6.54 Å². The number of hydrogen-bond donors (Lipinski definition) is 1. The molecule has 7 nitrogen and oxygen atoms in total. The first-order valence-electron chi connectivity index (χ1n) is 7.31. The van der Waals surface area contributed by atoms with Crippen molar-refractivity contribution >= 4 is 17.7 Å². The molecule has 1 aromatic rings. The van der Waals surface area contributed by atoms with Crippen molar-refractivity contribution in [1.82, 2.24) is 20.1 Å². The summed E-state index contributed by atoms with van der Waals surface area (Å²) >= 11 is 0. The van der Waals surface area contributed by atoms with E-state index in [4.69, 9.17) is 0 Å². The normalized spacial score (nSPS) is 25.0. The molecular weight excluding hydrogens is 284 g/mol. The molecule has 2 unspecified atom stereocenters. The highest BCUT2D eigenvalue weighted by molar-refractivity contribution is 5.96. The maximum Gasteiger partial charge on any atom is 0.251 e. The number of fused-ring (bicyclic) bond motifs is 1. The van der Waals surface area contributed by atoms with Crippen LogP contribution in [0, 0.1) is 0 Å². The number of piperidine rings is 1. The Morgan fingerprint density at radius 2 is 2.05 bits per heavy atom. The minimum absolute atomic E-state index is 0.0222. The van der Waals surface area contributed by atoms with Gasteiger partial charge in [-0.3, -0.25) is 19.4 Å². The van der Waals surface area contributed by atoms with Crippen molar-refractivity contribution in [3.8, 4) is 0 Å². The van der Waals surface area contributed by atoms with Crippen LogP contribution in [0.3, 0.4) is 0 Å². The number of piperazine rings is 1. The van der Waals surface area contributed by atoms with Gasteiger partial charge >= 0.3 is 0 Å². The predicted molar refractivity (Wildman–Crippen MR) is 77.9 cm³/mol. The average molecular weight is 302 g/mol. The Morgan fingerprint density at radius 3 is 2.77 bits per heavy atom. The van der Waals surface area contributed by atoms with Crippen molar-refractivity contribution in [2.75, 3.05) is 20.1 Å². The van der Waals surface area contributed by atoms with Crippen LogP contribution in [0.1, 0.15) is 23.2 Å². The monoisotopic (exact) mass is 302 g/mol. The second-order valence-electron chi connectivity index (χ2n) is 5.73. The Labute approximate surface area is 128 Å². The number of pyridine rings is 1. The molecule has 22 heavy (non-hydrogen) atoms. The van der Waals surface area contributed by atoms with Crippen LogP contribution in [0.4, 0.5) is 0 Å². The van der Waals surface area contributed by atoms with Gasteiger partial charge in [-0.05, 0) is 25.0 Å². The van der Waals surface area contributed by atoms with Gasteiger partial charge in [0.1, 0.15) is 6.04 Å². The molecule has 3 amide bonds. The molecule has 0 aromatic carbocycles.